The third kappa shape index (κ3) is 4.78. The van der Waals surface area contributed by atoms with Gasteiger partial charge in [0.25, 0.3) is 10.0 Å². The van der Waals surface area contributed by atoms with Crippen molar-refractivity contribution in [1.29, 1.82) is 0 Å². The Bertz CT molecular complexity index is 971. The van der Waals surface area contributed by atoms with Gasteiger partial charge in [0.1, 0.15) is 0 Å². The Kier molecular flexibility index (Phi) is 5.68. The lowest BCUT2D eigenvalue weighted by Crippen LogP contribution is -2.03. The summed E-state index contributed by atoms with van der Waals surface area (Å²) in [5, 5.41) is 0.491. The van der Waals surface area contributed by atoms with Crippen LogP contribution in [0.1, 0.15) is 5.56 Å². The molecule has 0 bridgehead atoms. The van der Waals surface area contributed by atoms with Crippen LogP contribution in [0.4, 0.5) is 0 Å². The highest BCUT2D eigenvalue weighted by molar-refractivity contribution is 7.99. The van der Waals surface area contributed by atoms with Crippen LogP contribution in [0.15, 0.2) is 98.5 Å². The molecule has 0 saturated carbocycles. The monoisotopic (exact) mass is 389 g/mol. The molecular formula is C19H16ClNO2S2. The molecule has 128 valence electrons. The Labute approximate surface area is 155 Å². The first-order valence-electron chi connectivity index (χ1n) is 7.58. The highest BCUT2D eigenvalue weighted by Crippen LogP contribution is 2.21. The third-order valence-electron chi connectivity index (χ3n) is 3.46. The summed E-state index contributed by atoms with van der Waals surface area (Å²) >= 11 is 5.85. The van der Waals surface area contributed by atoms with Crippen molar-refractivity contribution in [2.75, 3.05) is 0 Å². The molecule has 25 heavy (non-hydrogen) atoms. The van der Waals surface area contributed by atoms with Gasteiger partial charge in [0.2, 0.25) is 0 Å². The second-order valence-electron chi connectivity index (χ2n) is 5.31. The average Bonchev–Trinajstić information content (AvgIpc) is 2.63. The molecule has 1 atom stereocenters. The van der Waals surface area contributed by atoms with E-state index in [1.54, 1.807) is 12.1 Å². The molecule has 0 aliphatic heterocycles. The van der Waals surface area contributed by atoms with Crippen molar-refractivity contribution < 1.29 is 8.42 Å². The van der Waals surface area contributed by atoms with Crippen molar-refractivity contribution in [3.63, 3.8) is 0 Å². The maximum Gasteiger partial charge on any atom is 0.288 e. The van der Waals surface area contributed by atoms with Crippen molar-refractivity contribution in [1.82, 2.24) is 0 Å². The fourth-order valence-electron chi connectivity index (χ4n) is 2.23. The lowest BCUT2D eigenvalue weighted by molar-refractivity contribution is 0.598. The molecule has 1 unspecified atom stereocenters. The summed E-state index contributed by atoms with van der Waals surface area (Å²) in [5.74, 6) is 0.539. The number of nitrogens with zero attached hydrogens (tertiary/aromatic N) is 1. The molecule has 3 rings (SSSR count). The number of hydrogen-bond donors (Lipinski definition) is 0. The maximum atomic E-state index is 12.7. The second-order valence-corrected chi connectivity index (χ2v) is 9.26. The summed E-state index contributed by atoms with van der Waals surface area (Å²) in [6.45, 7) is 0. The molecule has 0 N–H and O–H groups in total. The standard InChI is InChI=1S/C19H16ClNO2S2/c20-17-11-13-19(14-12-17)25(22,23)21-24(18-9-5-2-6-10-18)15-16-7-3-1-4-8-16/h1-14H,15H2. The molecule has 0 fully saturated rings. The van der Waals surface area contributed by atoms with E-state index in [2.05, 4.69) is 3.77 Å². The first-order chi connectivity index (χ1) is 12.0. The zero-order chi connectivity index (χ0) is 17.7. The topological polar surface area (TPSA) is 46.5 Å². The van der Waals surface area contributed by atoms with Gasteiger partial charge in [0.15, 0.2) is 0 Å². The molecule has 6 heteroatoms. The van der Waals surface area contributed by atoms with E-state index in [0.29, 0.717) is 10.8 Å². The van der Waals surface area contributed by atoms with Crippen LogP contribution in [-0.2, 0) is 26.5 Å². The molecule has 0 aliphatic carbocycles. The van der Waals surface area contributed by atoms with Crippen molar-refractivity contribution in [2.45, 2.75) is 15.5 Å². The molecule has 0 saturated heterocycles. The summed E-state index contributed by atoms with van der Waals surface area (Å²) in [6, 6.07) is 25.4. The van der Waals surface area contributed by atoms with E-state index in [1.807, 2.05) is 60.7 Å². The van der Waals surface area contributed by atoms with Crippen LogP contribution in [0.3, 0.4) is 0 Å². The van der Waals surface area contributed by atoms with Gasteiger partial charge < -0.3 is 0 Å². The number of halogens is 1. The lowest BCUT2D eigenvalue weighted by Gasteiger charge is -2.09. The second kappa shape index (κ2) is 7.95. The van der Waals surface area contributed by atoms with Gasteiger partial charge in [-0.25, -0.2) is 0 Å². The van der Waals surface area contributed by atoms with E-state index < -0.39 is 20.7 Å². The van der Waals surface area contributed by atoms with Crippen molar-refractivity contribution in [2.24, 2.45) is 3.77 Å². The van der Waals surface area contributed by atoms with Gasteiger partial charge in [-0.2, -0.15) is 8.42 Å². The Hall–Kier alpha value is -1.95. The van der Waals surface area contributed by atoms with E-state index in [4.69, 9.17) is 11.6 Å². The average molecular weight is 390 g/mol. The van der Waals surface area contributed by atoms with Crippen molar-refractivity contribution >= 4 is 32.3 Å². The molecule has 0 radical (unpaired) electrons. The molecule has 0 aromatic heterocycles. The van der Waals surface area contributed by atoms with E-state index in [-0.39, 0.29) is 4.90 Å². The van der Waals surface area contributed by atoms with Crippen LogP contribution >= 0.6 is 11.6 Å². The smallest absolute Gasteiger partial charge is 0.199 e. The van der Waals surface area contributed by atoms with Crippen LogP contribution in [-0.4, -0.2) is 8.42 Å². The number of hydrogen-bond acceptors (Lipinski definition) is 2. The summed E-state index contributed by atoms with van der Waals surface area (Å²) in [6.07, 6.45) is 0. The van der Waals surface area contributed by atoms with Gasteiger partial charge in [-0.1, -0.05) is 60.1 Å². The van der Waals surface area contributed by atoms with Gasteiger partial charge in [0, 0.05) is 15.7 Å². The first-order valence-corrected chi connectivity index (χ1v) is 10.7. The Balaban J connectivity index is 2.04. The largest absolute Gasteiger partial charge is 0.288 e. The first kappa shape index (κ1) is 17.9. The molecule has 3 nitrogen and oxygen atoms in total. The van der Waals surface area contributed by atoms with Crippen molar-refractivity contribution in [3.8, 4) is 0 Å². The third-order valence-corrected chi connectivity index (χ3v) is 7.51. The Morgan fingerprint density at radius 1 is 0.800 bits per heavy atom. The molecule has 0 spiro atoms. The zero-order valence-corrected chi connectivity index (χ0v) is 15.6. The van der Waals surface area contributed by atoms with Gasteiger partial charge in [-0.3, -0.25) is 0 Å². The van der Waals surface area contributed by atoms with Crippen LogP contribution < -0.4 is 0 Å². The van der Waals surface area contributed by atoms with Gasteiger partial charge in [0.05, 0.1) is 4.90 Å². The maximum absolute atomic E-state index is 12.7. The zero-order valence-electron chi connectivity index (χ0n) is 13.2. The molecular weight excluding hydrogens is 374 g/mol. The summed E-state index contributed by atoms with van der Waals surface area (Å²) in [7, 11) is -4.58. The van der Waals surface area contributed by atoms with Gasteiger partial charge in [-0.15, -0.1) is 3.77 Å². The SMILES string of the molecule is O=S(=O)(/N=S(\Cc1ccccc1)c1ccccc1)c1ccc(Cl)cc1. The Morgan fingerprint density at radius 2 is 1.36 bits per heavy atom. The van der Waals surface area contributed by atoms with Crippen molar-refractivity contribution in [3.05, 3.63) is 95.5 Å². The molecule has 0 heterocycles. The number of benzene rings is 3. The van der Waals surface area contributed by atoms with Crippen LogP contribution in [0.2, 0.25) is 5.02 Å². The fraction of sp³-hybridized carbons (Fsp3) is 0.0526. The fourth-order valence-corrected chi connectivity index (χ4v) is 5.83. The van der Waals surface area contributed by atoms with Crippen LogP contribution in [0, 0.1) is 0 Å². The minimum atomic E-state index is -3.77. The van der Waals surface area contributed by atoms with Crippen LogP contribution in [0.25, 0.3) is 0 Å². The normalized spacial score (nSPS) is 12.8. The lowest BCUT2D eigenvalue weighted by atomic mass is 10.2. The minimum Gasteiger partial charge on any atom is -0.199 e. The molecule has 3 aromatic rings. The number of rotatable bonds is 5. The van der Waals surface area contributed by atoms with E-state index in [1.165, 1.54) is 12.1 Å². The summed E-state index contributed by atoms with van der Waals surface area (Å²) in [5.41, 5.74) is 1.05. The highest BCUT2D eigenvalue weighted by atomic mass is 35.5. The molecule has 3 aromatic carbocycles. The van der Waals surface area contributed by atoms with Gasteiger partial charge >= 0.3 is 0 Å². The van der Waals surface area contributed by atoms with Gasteiger partial charge in [-0.05, 0) is 52.7 Å². The predicted molar refractivity (Wildman–Crippen MR) is 103 cm³/mol. The number of sulfonamides is 1. The van der Waals surface area contributed by atoms with E-state index in [9.17, 15) is 8.42 Å². The summed E-state index contributed by atoms with van der Waals surface area (Å²) < 4.78 is 29.7. The molecule has 0 aliphatic rings. The quantitative estimate of drug-likeness (QED) is 0.610. The molecule has 0 amide bonds. The van der Waals surface area contributed by atoms with E-state index >= 15 is 0 Å². The summed E-state index contributed by atoms with van der Waals surface area (Å²) in [4.78, 5) is 1.04. The minimum absolute atomic E-state index is 0.151. The van der Waals surface area contributed by atoms with E-state index in [0.717, 1.165) is 10.5 Å². The predicted octanol–water partition coefficient (Wildman–Crippen LogP) is 5.09. The van der Waals surface area contributed by atoms with Crippen LogP contribution in [0.5, 0.6) is 0 Å². The Morgan fingerprint density at radius 3 is 1.96 bits per heavy atom. The highest BCUT2D eigenvalue weighted by Gasteiger charge is 2.15.